The van der Waals surface area contributed by atoms with Crippen molar-refractivity contribution in [2.45, 2.75) is 13.0 Å². The first-order chi connectivity index (χ1) is 5.25. The van der Waals surface area contributed by atoms with Crippen LogP contribution in [0.2, 0.25) is 0 Å². The maximum absolute atomic E-state index is 9.45. The molecule has 0 amide bonds. The molecule has 1 atom stereocenters. The van der Waals surface area contributed by atoms with Crippen LogP contribution in [0.25, 0.3) is 0 Å². The van der Waals surface area contributed by atoms with E-state index in [1.807, 2.05) is 6.92 Å². The Kier molecular flexibility index (Phi) is 2.62. The van der Waals surface area contributed by atoms with Crippen molar-refractivity contribution in [2.24, 2.45) is 0 Å². The number of aromatic amines is 1. The molecule has 0 spiro atoms. The minimum Gasteiger partial charge on any atom is -0.385 e. The maximum Gasteiger partial charge on any atom is 0.110 e. The highest BCUT2D eigenvalue weighted by atomic mass is 16.3. The fourth-order valence-corrected chi connectivity index (χ4v) is 0.995. The summed E-state index contributed by atoms with van der Waals surface area (Å²) in [6.45, 7) is 2.42. The second kappa shape index (κ2) is 3.50. The molecule has 0 fully saturated rings. The third kappa shape index (κ3) is 1.78. The monoisotopic (exact) mass is 155 g/mol. The van der Waals surface area contributed by atoms with Gasteiger partial charge in [-0.3, -0.25) is 0 Å². The molecule has 1 unspecified atom stereocenters. The van der Waals surface area contributed by atoms with Crippen LogP contribution in [0.1, 0.15) is 17.5 Å². The van der Waals surface area contributed by atoms with Crippen molar-refractivity contribution >= 4 is 0 Å². The minimum absolute atomic E-state index is 0.508. The third-order valence-electron chi connectivity index (χ3n) is 1.58. The molecule has 3 N–H and O–H groups in total. The first kappa shape index (κ1) is 8.23. The standard InChI is InChI=1S/C7H13N3O/c1-5-7(10-4-9-5)6(11)3-8-2/h4,6,8,11H,3H2,1-2H3,(H,9,10). The summed E-state index contributed by atoms with van der Waals surface area (Å²) in [6, 6.07) is 0. The van der Waals surface area contributed by atoms with Gasteiger partial charge in [0, 0.05) is 12.2 Å². The zero-order chi connectivity index (χ0) is 8.27. The van der Waals surface area contributed by atoms with Gasteiger partial charge in [0.15, 0.2) is 0 Å². The minimum atomic E-state index is -0.508. The van der Waals surface area contributed by atoms with E-state index in [1.54, 1.807) is 13.4 Å². The van der Waals surface area contributed by atoms with Crippen LogP contribution in [-0.2, 0) is 0 Å². The number of hydrogen-bond donors (Lipinski definition) is 3. The Morgan fingerprint density at radius 2 is 2.55 bits per heavy atom. The summed E-state index contributed by atoms with van der Waals surface area (Å²) in [7, 11) is 1.80. The van der Waals surface area contributed by atoms with Gasteiger partial charge in [-0.05, 0) is 14.0 Å². The van der Waals surface area contributed by atoms with Crippen LogP contribution in [0, 0.1) is 6.92 Å². The van der Waals surface area contributed by atoms with Crippen molar-refractivity contribution < 1.29 is 5.11 Å². The van der Waals surface area contributed by atoms with Crippen LogP contribution in [-0.4, -0.2) is 28.7 Å². The van der Waals surface area contributed by atoms with Crippen LogP contribution >= 0.6 is 0 Å². The predicted molar refractivity (Wildman–Crippen MR) is 42.2 cm³/mol. The van der Waals surface area contributed by atoms with Gasteiger partial charge in [-0.2, -0.15) is 0 Å². The van der Waals surface area contributed by atoms with Crippen LogP contribution in [0.15, 0.2) is 6.33 Å². The molecule has 62 valence electrons. The molecular formula is C7H13N3O. The van der Waals surface area contributed by atoms with Gasteiger partial charge in [0.05, 0.1) is 12.0 Å². The second-order valence-electron chi connectivity index (χ2n) is 2.49. The molecule has 0 aliphatic rings. The van der Waals surface area contributed by atoms with E-state index in [0.717, 1.165) is 11.4 Å². The van der Waals surface area contributed by atoms with Gasteiger partial charge in [-0.1, -0.05) is 0 Å². The zero-order valence-corrected chi connectivity index (χ0v) is 6.76. The van der Waals surface area contributed by atoms with E-state index in [4.69, 9.17) is 0 Å². The second-order valence-corrected chi connectivity index (χ2v) is 2.49. The molecule has 0 aliphatic heterocycles. The van der Waals surface area contributed by atoms with Crippen LogP contribution in [0.4, 0.5) is 0 Å². The summed E-state index contributed by atoms with van der Waals surface area (Å²) in [5.41, 5.74) is 1.65. The number of aromatic nitrogens is 2. The smallest absolute Gasteiger partial charge is 0.110 e. The molecule has 4 heteroatoms. The highest BCUT2D eigenvalue weighted by Crippen LogP contribution is 2.11. The molecule has 0 bridgehead atoms. The summed E-state index contributed by atoms with van der Waals surface area (Å²) in [6.07, 6.45) is 1.08. The molecule has 1 aromatic heterocycles. The van der Waals surface area contributed by atoms with Gasteiger partial charge in [0.1, 0.15) is 6.10 Å². The van der Waals surface area contributed by atoms with Crippen molar-refractivity contribution in [2.75, 3.05) is 13.6 Å². The molecule has 0 aromatic carbocycles. The van der Waals surface area contributed by atoms with E-state index >= 15 is 0 Å². The van der Waals surface area contributed by atoms with E-state index in [1.165, 1.54) is 0 Å². The number of imidazole rings is 1. The Morgan fingerprint density at radius 1 is 1.82 bits per heavy atom. The van der Waals surface area contributed by atoms with Gasteiger partial charge in [-0.15, -0.1) is 0 Å². The zero-order valence-electron chi connectivity index (χ0n) is 6.76. The molecule has 11 heavy (non-hydrogen) atoms. The topological polar surface area (TPSA) is 60.9 Å². The molecule has 0 radical (unpaired) electrons. The quantitative estimate of drug-likeness (QED) is 0.574. The lowest BCUT2D eigenvalue weighted by Crippen LogP contribution is -2.17. The number of H-pyrrole nitrogens is 1. The third-order valence-corrected chi connectivity index (χ3v) is 1.58. The lowest BCUT2D eigenvalue weighted by Gasteiger charge is -2.06. The van der Waals surface area contributed by atoms with Crippen molar-refractivity contribution in [1.29, 1.82) is 0 Å². The largest absolute Gasteiger partial charge is 0.385 e. The van der Waals surface area contributed by atoms with Gasteiger partial charge in [0.25, 0.3) is 0 Å². The average Bonchev–Trinajstić information content (AvgIpc) is 2.36. The van der Waals surface area contributed by atoms with Crippen LogP contribution in [0.3, 0.4) is 0 Å². The van der Waals surface area contributed by atoms with Crippen molar-refractivity contribution in [1.82, 2.24) is 15.3 Å². The molecule has 0 saturated carbocycles. The van der Waals surface area contributed by atoms with Gasteiger partial charge in [0.2, 0.25) is 0 Å². The fraction of sp³-hybridized carbons (Fsp3) is 0.571. The van der Waals surface area contributed by atoms with E-state index in [0.29, 0.717) is 6.54 Å². The van der Waals surface area contributed by atoms with E-state index in [-0.39, 0.29) is 0 Å². The lowest BCUT2D eigenvalue weighted by molar-refractivity contribution is 0.173. The Bertz CT molecular complexity index is 221. The van der Waals surface area contributed by atoms with Crippen molar-refractivity contribution in [3.63, 3.8) is 0 Å². The van der Waals surface area contributed by atoms with Gasteiger partial charge < -0.3 is 15.4 Å². The highest BCUT2D eigenvalue weighted by molar-refractivity contribution is 5.11. The Hall–Kier alpha value is -0.870. The number of nitrogens with one attached hydrogen (secondary N) is 2. The Morgan fingerprint density at radius 3 is 3.00 bits per heavy atom. The molecule has 0 aliphatic carbocycles. The Balaban J connectivity index is 2.67. The van der Waals surface area contributed by atoms with Crippen molar-refractivity contribution in [3.8, 4) is 0 Å². The maximum atomic E-state index is 9.45. The van der Waals surface area contributed by atoms with E-state index < -0.39 is 6.10 Å². The first-order valence-electron chi connectivity index (χ1n) is 3.58. The predicted octanol–water partition coefficient (Wildman–Crippen LogP) is -0.0291. The Labute approximate surface area is 65.7 Å². The summed E-state index contributed by atoms with van der Waals surface area (Å²) in [5.74, 6) is 0. The summed E-state index contributed by atoms with van der Waals surface area (Å²) >= 11 is 0. The molecule has 0 saturated heterocycles. The number of rotatable bonds is 3. The molecule has 1 rings (SSSR count). The van der Waals surface area contributed by atoms with Crippen molar-refractivity contribution in [3.05, 3.63) is 17.7 Å². The van der Waals surface area contributed by atoms with Gasteiger partial charge >= 0.3 is 0 Å². The highest BCUT2D eigenvalue weighted by Gasteiger charge is 2.10. The number of aryl methyl sites for hydroxylation is 1. The normalized spacial score (nSPS) is 13.4. The fourth-order valence-electron chi connectivity index (χ4n) is 0.995. The number of aliphatic hydroxyl groups is 1. The lowest BCUT2D eigenvalue weighted by atomic mass is 10.2. The summed E-state index contributed by atoms with van der Waals surface area (Å²) in [5, 5.41) is 12.3. The van der Waals surface area contributed by atoms with Crippen LogP contribution in [0.5, 0.6) is 0 Å². The summed E-state index contributed by atoms with van der Waals surface area (Å²) < 4.78 is 0. The number of likely N-dealkylation sites (N-methyl/N-ethyl adjacent to an activating group) is 1. The molecule has 1 heterocycles. The number of aliphatic hydroxyl groups excluding tert-OH is 1. The molecule has 4 nitrogen and oxygen atoms in total. The van der Waals surface area contributed by atoms with Crippen LogP contribution < -0.4 is 5.32 Å². The van der Waals surface area contributed by atoms with E-state index in [2.05, 4.69) is 15.3 Å². The SMILES string of the molecule is CNCC(O)c1nc[nH]c1C. The number of hydrogen-bond acceptors (Lipinski definition) is 3. The molecular weight excluding hydrogens is 142 g/mol. The van der Waals surface area contributed by atoms with E-state index in [9.17, 15) is 5.11 Å². The molecule has 1 aromatic rings. The summed E-state index contributed by atoms with van der Waals surface area (Å²) in [4.78, 5) is 6.90. The van der Waals surface area contributed by atoms with Gasteiger partial charge in [-0.25, -0.2) is 4.98 Å². The number of nitrogens with zero attached hydrogens (tertiary/aromatic N) is 1. The average molecular weight is 155 g/mol. The first-order valence-corrected chi connectivity index (χ1v) is 3.58.